The molecule has 1 N–H and O–H groups in total. The number of aromatic nitrogens is 2. The Labute approximate surface area is 159 Å². The van der Waals surface area contributed by atoms with Crippen molar-refractivity contribution in [2.24, 2.45) is 0 Å². The smallest absolute Gasteiger partial charge is 0.255 e. The molecule has 3 aromatic rings. The van der Waals surface area contributed by atoms with Gasteiger partial charge in [0.1, 0.15) is 11.8 Å². The first kappa shape index (κ1) is 17.7. The van der Waals surface area contributed by atoms with Crippen molar-refractivity contribution in [3.8, 4) is 0 Å². The molecule has 1 saturated heterocycles. The summed E-state index contributed by atoms with van der Waals surface area (Å²) in [5, 5.41) is 11.0. The Bertz CT molecular complexity index is 986. The number of aliphatic hydroxyl groups is 1. The van der Waals surface area contributed by atoms with Crippen LogP contribution in [0.15, 0.2) is 42.6 Å². The summed E-state index contributed by atoms with van der Waals surface area (Å²) in [7, 11) is 0. The lowest BCUT2D eigenvalue weighted by Crippen LogP contribution is -2.35. The van der Waals surface area contributed by atoms with Gasteiger partial charge in [-0.2, -0.15) is 0 Å². The van der Waals surface area contributed by atoms with E-state index in [1.807, 2.05) is 65.7 Å². The normalized spacial score (nSPS) is 15.9. The number of nitrogens with zero attached hydrogens (tertiary/aromatic N) is 3. The molecule has 4 rings (SSSR count). The summed E-state index contributed by atoms with van der Waals surface area (Å²) in [6, 6.07) is 11.5. The highest BCUT2D eigenvalue weighted by Gasteiger charge is 2.22. The van der Waals surface area contributed by atoms with Crippen molar-refractivity contribution in [3.05, 3.63) is 70.7 Å². The number of hydrogen-bond acceptors (Lipinski definition) is 3. The molecule has 1 aliphatic heterocycles. The number of aliphatic hydroxyl groups excluding tert-OH is 1. The van der Waals surface area contributed by atoms with Crippen molar-refractivity contribution in [1.29, 1.82) is 0 Å². The van der Waals surface area contributed by atoms with Crippen LogP contribution in [0.1, 0.15) is 58.2 Å². The Morgan fingerprint density at radius 3 is 2.63 bits per heavy atom. The Kier molecular flexibility index (Phi) is 4.70. The van der Waals surface area contributed by atoms with E-state index < -0.39 is 6.10 Å². The summed E-state index contributed by atoms with van der Waals surface area (Å²) in [6.45, 7) is 5.54. The van der Waals surface area contributed by atoms with Gasteiger partial charge in [-0.05, 0) is 50.8 Å². The lowest BCUT2D eigenvalue weighted by Gasteiger charge is -2.26. The van der Waals surface area contributed by atoms with Gasteiger partial charge in [-0.25, -0.2) is 4.98 Å². The van der Waals surface area contributed by atoms with Gasteiger partial charge in [0.15, 0.2) is 0 Å². The second-order valence-electron chi connectivity index (χ2n) is 7.40. The van der Waals surface area contributed by atoms with E-state index in [0.717, 1.165) is 48.4 Å². The molecule has 3 heterocycles. The van der Waals surface area contributed by atoms with Gasteiger partial charge in [0.05, 0.1) is 17.0 Å². The number of carbonyl (C=O) groups excluding carboxylic acids is 1. The van der Waals surface area contributed by atoms with Gasteiger partial charge in [0.2, 0.25) is 0 Å². The fraction of sp³-hybridized carbons (Fsp3) is 0.364. The van der Waals surface area contributed by atoms with Crippen LogP contribution in [-0.2, 0) is 0 Å². The first-order chi connectivity index (χ1) is 13.0. The van der Waals surface area contributed by atoms with E-state index in [0.29, 0.717) is 11.3 Å². The first-order valence-corrected chi connectivity index (χ1v) is 9.57. The zero-order valence-corrected chi connectivity index (χ0v) is 15.9. The Morgan fingerprint density at radius 1 is 1.11 bits per heavy atom. The van der Waals surface area contributed by atoms with Gasteiger partial charge in [-0.15, -0.1) is 0 Å². The number of piperidine rings is 1. The van der Waals surface area contributed by atoms with Crippen LogP contribution >= 0.6 is 0 Å². The monoisotopic (exact) mass is 363 g/mol. The van der Waals surface area contributed by atoms with Gasteiger partial charge in [-0.3, -0.25) is 9.20 Å². The van der Waals surface area contributed by atoms with Crippen LogP contribution in [0.2, 0.25) is 0 Å². The summed E-state index contributed by atoms with van der Waals surface area (Å²) >= 11 is 0. The predicted octanol–water partition coefficient (Wildman–Crippen LogP) is 3.66. The molecule has 1 unspecified atom stereocenters. The molecule has 1 fully saturated rings. The number of benzene rings is 1. The van der Waals surface area contributed by atoms with Gasteiger partial charge in [-0.1, -0.05) is 29.8 Å². The van der Waals surface area contributed by atoms with Gasteiger partial charge < -0.3 is 10.0 Å². The maximum absolute atomic E-state index is 12.9. The molecule has 0 aliphatic carbocycles. The van der Waals surface area contributed by atoms with Crippen molar-refractivity contribution < 1.29 is 9.90 Å². The first-order valence-electron chi connectivity index (χ1n) is 9.57. The van der Waals surface area contributed by atoms with Crippen molar-refractivity contribution in [3.63, 3.8) is 0 Å². The van der Waals surface area contributed by atoms with E-state index in [4.69, 9.17) is 0 Å². The Hall–Kier alpha value is -2.66. The standard InChI is InChI=1S/C22H25N3O2/c1-15-7-6-8-17(13-15)21(26)20-16(2)23-19-10-9-18(14-25(19)20)22(27)24-11-4-3-5-12-24/h6-10,13-14,21,26H,3-5,11-12H2,1-2H3. The topological polar surface area (TPSA) is 57.8 Å². The van der Waals surface area contributed by atoms with Crippen LogP contribution in [0.25, 0.3) is 5.65 Å². The number of pyridine rings is 1. The van der Waals surface area contributed by atoms with Gasteiger partial charge in [0.25, 0.3) is 5.91 Å². The molecule has 1 amide bonds. The minimum Gasteiger partial charge on any atom is -0.382 e. The fourth-order valence-corrected chi connectivity index (χ4v) is 3.91. The van der Waals surface area contributed by atoms with E-state index in [1.54, 1.807) is 0 Å². The van der Waals surface area contributed by atoms with E-state index in [2.05, 4.69) is 4.98 Å². The summed E-state index contributed by atoms with van der Waals surface area (Å²) < 4.78 is 1.86. The lowest BCUT2D eigenvalue weighted by molar-refractivity contribution is 0.0723. The Balaban J connectivity index is 1.74. The number of rotatable bonds is 3. The second kappa shape index (κ2) is 7.16. The summed E-state index contributed by atoms with van der Waals surface area (Å²) in [6.07, 6.45) is 4.35. The van der Waals surface area contributed by atoms with E-state index in [9.17, 15) is 9.90 Å². The molecule has 0 saturated carbocycles. The van der Waals surface area contributed by atoms with E-state index in [-0.39, 0.29) is 5.91 Å². The summed E-state index contributed by atoms with van der Waals surface area (Å²) in [5.41, 5.74) is 4.78. The van der Waals surface area contributed by atoms with Crippen LogP contribution in [0.3, 0.4) is 0 Å². The zero-order chi connectivity index (χ0) is 19.0. The fourth-order valence-electron chi connectivity index (χ4n) is 3.91. The molecule has 0 radical (unpaired) electrons. The number of aryl methyl sites for hydroxylation is 2. The van der Waals surface area contributed by atoms with Crippen LogP contribution < -0.4 is 0 Å². The largest absolute Gasteiger partial charge is 0.382 e. The molecule has 140 valence electrons. The van der Waals surface area contributed by atoms with Crippen molar-refractivity contribution in [2.75, 3.05) is 13.1 Å². The number of imidazole rings is 1. The third-order valence-corrected chi connectivity index (χ3v) is 5.35. The zero-order valence-electron chi connectivity index (χ0n) is 15.9. The molecule has 5 heteroatoms. The van der Waals surface area contributed by atoms with Crippen molar-refractivity contribution in [2.45, 2.75) is 39.2 Å². The molecular weight excluding hydrogens is 338 g/mol. The molecule has 2 aromatic heterocycles. The third kappa shape index (κ3) is 3.35. The SMILES string of the molecule is Cc1cccc(C(O)c2c(C)nc3ccc(C(=O)N4CCCCC4)cn23)c1. The maximum atomic E-state index is 12.9. The highest BCUT2D eigenvalue weighted by Crippen LogP contribution is 2.27. The average Bonchev–Trinajstić information content (AvgIpc) is 3.02. The number of fused-ring (bicyclic) bond motifs is 1. The predicted molar refractivity (Wildman–Crippen MR) is 105 cm³/mol. The van der Waals surface area contributed by atoms with Crippen molar-refractivity contribution >= 4 is 11.6 Å². The molecule has 1 aliphatic rings. The third-order valence-electron chi connectivity index (χ3n) is 5.35. The molecule has 1 atom stereocenters. The highest BCUT2D eigenvalue weighted by molar-refractivity contribution is 5.94. The molecule has 5 nitrogen and oxygen atoms in total. The molecule has 0 bridgehead atoms. The average molecular weight is 363 g/mol. The minimum atomic E-state index is -0.791. The summed E-state index contributed by atoms with van der Waals surface area (Å²) in [4.78, 5) is 19.4. The molecular formula is C22H25N3O2. The van der Waals surface area contributed by atoms with Crippen LogP contribution in [0, 0.1) is 13.8 Å². The highest BCUT2D eigenvalue weighted by atomic mass is 16.3. The summed E-state index contributed by atoms with van der Waals surface area (Å²) in [5.74, 6) is 0.0546. The number of carbonyl (C=O) groups is 1. The van der Waals surface area contributed by atoms with E-state index in [1.165, 1.54) is 6.42 Å². The number of hydrogen-bond donors (Lipinski definition) is 1. The molecule has 1 aromatic carbocycles. The van der Waals surface area contributed by atoms with Crippen LogP contribution in [0.5, 0.6) is 0 Å². The number of amides is 1. The van der Waals surface area contributed by atoms with E-state index >= 15 is 0 Å². The lowest BCUT2D eigenvalue weighted by atomic mass is 10.0. The number of likely N-dealkylation sites (tertiary alicyclic amines) is 1. The van der Waals surface area contributed by atoms with Gasteiger partial charge >= 0.3 is 0 Å². The van der Waals surface area contributed by atoms with Gasteiger partial charge in [0, 0.05) is 19.3 Å². The molecule has 0 spiro atoms. The minimum absolute atomic E-state index is 0.0546. The maximum Gasteiger partial charge on any atom is 0.255 e. The quantitative estimate of drug-likeness (QED) is 0.773. The second-order valence-corrected chi connectivity index (χ2v) is 7.40. The Morgan fingerprint density at radius 2 is 1.89 bits per heavy atom. The van der Waals surface area contributed by atoms with Crippen LogP contribution in [-0.4, -0.2) is 38.4 Å². The van der Waals surface area contributed by atoms with Crippen LogP contribution in [0.4, 0.5) is 0 Å². The van der Waals surface area contributed by atoms with Crippen molar-refractivity contribution in [1.82, 2.24) is 14.3 Å². The molecule has 27 heavy (non-hydrogen) atoms.